The zero-order chi connectivity index (χ0) is 22.8. The first kappa shape index (κ1) is 21.6. The van der Waals surface area contributed by atoms with Crippen LogP contribution < -0.4 is 24.7 Å². The molecular weight excluding hydrogens is 476 g/mol. The Morgan fingerprint density at radius 2 is 1.59 bits per heavy atom. The fourth-order valence-corrected chi connectivity index (χ4v) is 4.15. The Kier molecular flexibility index (Phi) is 6.00. The van der Waals surface area contributed by atoms with Gasteiger partial charge in [0, 0.05) is 5.56 Å². The number of hydrogen-bond donors (Lipinski definition) is 1. The van der Waals surface area contributed by atoms with Crippen LogP contribution in [0.5, 0.6) is 23.0 Å². The van der Waals surface area contributed by atoms with Crippen LogP contribution in [0.4, 0.5) is 5.82 Å². The summed E-state index contributed by atoms with van der Waals surface area (Å²) in [6.07, 6.45) is 1.39. The van der Waals surface area contributed by atoms with Gasteiger partial charge in [0.15, 0.2) is 17.1 Å². The molecule has 0 aliphatic carbocycles. The Balaban J connectivity index is 2.06. The van der Waals surface area contributed by atoms with Crippen molar-refractivity contribution < 1.29 is 18.9 Å². The van der Waals surface area contributed by atoms with Gasteiger partial charge in [0.2, 0.25) is 0 Å². The van der Waals surface area contributed by atoms with Crippen LogP contribution in [0.15, 0.2) is 47.2 Å². The molecule has 8 nitrogen and oxygen atoms in total. The molecule has 2 aromatic carbocycles. The summed E-state index contributed by atoms with van der Waals surface area (Å²) in [5.74, 6) is 2.82. The van der Waals surface area contributed by atoms with Crippen molar-refractivity contribution in [1.29, 1.82) is 0 Å². The number of pyridine rings is 1. The predicted molar refractivity (Wildman–Crippen MR) is 127 cm³/mol. The van der Waals surface area contributed by atoms with E-state index in [1.165, 1.54) is 6.33 Å². The van der Waals surface area contributed by atoms with Gasteiger partial charge in [0.25, 0.3) is 0 Å². The van der Waals surface area contributed by atoms with E-state index in [-0.39, 0.29) is 0 Å². The van der Waals surface area contributed by atoms with Gasteiger partial charge in [-0.15, -0.1) is 0 Å². The minimum atomic E-state index is 0.326. The predicted octanol–water partition coefficient (Wildman–Crippen LogP) is 4.74. The zero-order valence-corrected chi connectivity index (χ0v) is 19.6. The molecule has 0 aliphatic rings. The molecule has 2 aromatic heterocycles. The second-order valence-electron chi connectivity index (χ2n) is 6.77. The molecular formula is C23H21BrN4O4. The molecule has 0 fully saturated rings. The Bertz CT molecular complexity index is 1310. The molecule has 2 N–H and O–H groups in total. The molecule has 0 atom stereocenters. The van der Waals surface area contributed by atoms with E-state index in [1.54, 1.807) is 28.4 Å². The van der Waals surface area contributed by atoms with E-state index in [0.717, 1.165) is 21.2 Å². The smallest absolute Gasteiger partial charge is 0.174 e. The van der Waals surface area contributed by atoms with Gasteiger partial charge in [-0.2, -0.15) is 0 Å². The maximum absolute atomic E-state index is 6.25. The SMILES string of the molecule is COc1ccc(OC)c(-c2cc(-c3cc(Br)c(OC)c(OC)c3)c3c(N)ncnc3n2)c1. The van der Waals surface area contributed by atoms with Crippen LogP contribution in [0.1, 0.15) is 0 Å². The third-order valence-electron chi connectivity index (χ3n) is 5.06. The molecule has 0 amide bonds. The van der Waals surface area contributed by atoms with Crippen LogP contribution in [0, 0.1) is 0 Å². The monoisotopic (exact) mass is 496 g/mol. The number of nitrogens with two attached hydrogens (primary N) is 1. The average Bonchev–Trinajstić information content (AvgIpc) is 2.82. The molecule has 32 heavy (non-hydrogen) atoms. The van der Waals surface area contributed by atoms with Crippen LogP contribution in [0.25, 0.3) is 33.4 Å². The summed E-state index contributed by atoms with van der Waals surface area (Å²) in [4.78, 5) is 13.3. The van der Waals surface area contributed by atoms with Gasteiger partial charge in [-0.1, -0.05) is 0 Å². The van der Waals surface area contributed by atoms with Crippen LogP contribution in [-0.2, 0) is 0 Å². The summed E-state index contributed by atoms with van der Waals surface area (Å²) in [6.45, 7) is 0. The first-order valence-corrected chi connectivity index (χ1v) is 10.4. The number of benzene rings is 2. The Hall–Kier alpha value is -3.59. The molecule has 0 saturated heterocycles. The van der Waals surface area contributed by atoms with Gasteiger partial charge in [-0.05, 0) is 63.5 Å². The molecule has 0 spiro atoms. The van der Waals surface area contributed by atoms with Crippen LogP contribution in [-0.4, -0.2) is 43.4 Å². The summed E-state index contributed by atoms with van der Waals surface area (Å²) < 4.78 is 22.7. The van der Waals surface area contributed by atoms with Gasteiger partial charge in [0.05, 0.1) is 44.0 Å². The van der Waals surface area contributed by atoms with Gasteiger partial charge in [0.1, 0.15) is 23.6 Å². The number of anilines is 1. The lowest BCUT2D eigenvalue weighted by molar-refractivity contribution is 0.353. The van der Waals surface area contributed by atoms with Gasteiger partial charge >= 0.3 is 0 Å². The summed E-state index contributed by atoms with van der Waals surface area (Å²) in [5, 5.41) is 0.636. The molecule has 0 radical (unpaired) electrons. The van der Waals surface area contributed by atoms with Crippen molar-refractivity contribution >= 4 is 32.8 Å². The number of hydrogen-bond acceptors (Lipinski definition) is 8. The van der Waals surface area contributed by atoms with E-state index >= 15 is 0 Å². The molecule has 0 saturated carbocycles. The van der Waals surface area contributed by atoms with Crippen molar-refractivity contribution in [2.45, 2.75) is 0 Å². The maximum Gasteiger partial charge on any atom is 0.174 e. The Labute approximate surface area is 193 Å². The number of ether oxygens (including phenoxy) is 4. The van der Waals surface area contributed by atoms with Crippen molar-refractivity contribution in [2.75, 3.05) is 34.2 Å². The maximum atomic E-state index is 6.25. The normalized spacial score (nSPS) is 10.8. The Morgan fingerprint density at radius 1 is 0.812 bits per heavy atom. The molecule has 9 heteroatoms. The highest BCUT2D eigenvalue weighted by Crippen LogP contribution is 2.43. The number of nitrogens with zero attached hydrogens (tertiary/aromatic N) is 3. The number of methoxy groups -OCH3 is 4. The van der Waals surface area contributed by atoms with Crippen molar-refractivity contribution in [1.82, 2.24) is 15.0 Å². The lowest BCUT2D eigenvalue weighted by Gasteiger charge is -2.16. The molecule has 2 heterocycles. The first-order chi connectivity index (χ1) is 15.5. The van der Waals surface area contributed by atoms with Crippen molar-refractivity contribution in [3.8, 4) is 45.4 Å². The third-order valence-corrected chi connectivity index (χ3v) is 5.65. The van der Waals surface area contributed by atoms with E-state index in [1.807, 2.05) is 36.4 Å². The van der Waals surface area contributed by atoms with Crippen molar-refractivity contribution in [2.24, 2.45) is 0 Å². The Morgan fingerprint density at radius 3 is 2.28 bits per heavy atom. The van der Waals surface area contributed by atoms with Crippen LogP contribution in [0.2, 0.25) is 0 Å². The van der Waals surface area contributed by atoms with E-state index in [2.05, 4.69) is 25.9 Å². The molecule has 0 aliphatic heterocycles. The van der Waals surface area contributed by atoms with Gasteiger partial charge in [-0.3, -0.25) is 0 Å². The highest BCUT2D eigenvalue weighted by molar-refractivity contribution is 9.10. The lowest BCUT2D eigenvalue weighted by atomic mass is 9.99. The summed E-state index contributed by atoms with van der Waals surface area (Å²) in [7, 11) is 6.39. The average molecular weight is 497 g/mol. The van der Waals surface area contributed by atoms with Gasteiger partial charge in [-0.25, -0.2) is 15.0 Å². The van der Waals surface area contributed by atoms with Crippen LogP contribution >= 0.6 is 15.9 Å². The third kappa shape index (κ3) is 3.75. The van der Waals surface area contributed by atoms with Crippen molar-refractivity contribution in [3.05, 3.63) is 47.2 Å². The molecule has 164 valence electrons. The van der Waals surface area contributed by atoms with E-state index < -0.39 is 0 Å². The van der Waals surface area contributed by atoms with Crippen molar-refractivity contribution in [3.63, 3.8) is 0 Å². The topological polar surface area (TPSA) is 102 Å². The summed E-state index contributed by atoms with van der Waals surface area (Å²) >= 11 is 3.56. The summed E-state index contributed by atoms with van der Waals surface area (Å²) in [6, 6.07) is 11.3. The quantitative estimate of drug-likeness (QED) is 0.408. The number of fused-ring (bicyclic) bond motifs is 1. The fourth-order valence-electron chi connectivity index (χ4n) is 3.54. The van der Waals surface area contributed by atoms with Gasteiger partial charge < -0.3 is 24.7 Å². The first-order valence-electron chi connectivity index (χ1n) is 9.56. The highest BCUT2D eigenvalue weighted by Gasteiger charge is 2.19. The number of rotatable bonds is 6. The lowest BCUT2D eigenvalue weighted by Crippen LogP contribution is -2.00. The molecule has 4 aromatic rings. The molecule has 0 unspecified atom stereocenters. The second kappa shape index (κ2) is 8.88. The highest BCUT2D eigenvalue weighted by atomic mass is 79.9. The van der Waals surface area contributed by atoms with E-state index in [4.69, 9.17) is 29.7 Å². The minimum absolute atomic E-state index is 0.326. The number of nitrogen functional groups attached to an aromatic ring is 1. The number of halogens is 1. The van der Waals surface area contributed by atoms with Crippen LogP contribution in [0.3, 0.4) is 0 Å². The standard InChI is InChI=1S/C23H21BrN4O4/c1-29-13-5-6-18(30-2)15(9-13)17-10-14(20-22(25)26-11-27-23(20)28-17)12-7-16(24)21(32-4)19(8-12)31-3/h5-11H,1-4H3,(H2,25,26,27,28). The molecule has 0 bridgehead atoms. The molecule has 4 rings (SSSR count). The van der Waals surface area contributed by atoms with E-state index in [9.17, 15) is 0 Å². The van der Waals surface area contributed by atoms with E-state index in [0.29, 0.717) is 45.5 Å². The fraction of sp³-hybridized carbons (Fsp3) is 0.174. The second-order valence-corrected chi connectivity index (χ2v) is 7.63. The zero-order valence-electron chi connectivity index (χ0n) is 18.0. The minimum Gasteiger partial charge on any atom is -0.497 e. The number of aromatic nitrogens is 3. The largest absolute Gasteiger partial charge is 0.497 e. The summed E-state index contributed by atoms with van der Waals surface area (Å²) in [5.41, 5.74) is 9.72.